The fourth-order valence-corrected chi connectivity index (χ4v) is 3.91. The van der Waals surface area contributed by atoms with Crippen molar-refractivity contribution in [3.63, 3.8) is 0 Å². The summed E-state index contributed by atoms with van der Waals surface area (Å²) in [6.45, 7) is 9.92. The zero-order valence-electron chi connectivity index (χ0n) is 14.1. The van der Waals surface area contributed by atoms with Crippen molar-refractivity contribution in [1.82, 2.24) is 10.2 Å². The average Bonchev–Trinajstić information content (AvgIpc) is 2.68. The molecule has 2 fully saturated rings. The molecule has 1 N–H and O–H groups in total. The Hall–Kier alpha value is -0.900. The lowest BCUT2D eigenvalue weighted by Crippen LogP contribution is -2.58. The molecule has 2 heterocycles. The summed E-state index contributed by atoms with van der Waals surface area (Å²) in [7, 11) is 0. The second-order valence-corrected chi connectivity index (χ2v) is 7.58. The molecule has 3 nitrogen and oxygen atoms in total. The van der Waals surface area contributed by atoms with E-state index < -0.39 is 0 Å². The number of nitrogens with zero attached hydrogens (tertiary/aromatic N) is 1. The van der Waals surface area contributed by atoms with Crippen LogP contribution in [0, 0.1) is 0 Å². The topological polar surface area (TPSA) is 24.5 Å². The van der Waals surface area contributed by atoms with Crippen molar-refractivity contribution in [2.75, 3.05) is 32.7 Å². The van der Waals surface area contributed by atoms with Crippen molar-refractivity contribution in [2.45, 2.75) is 50.7 Å². The van der Waals surface area contributed by atoms with E-state index in [-0.39, 0.29) is 11.2 Å². The molecule has 122 valence electrons. The number of nitrogens with one attached hydrogen (secondary N) is 1. The summed E-state index contributed by atoms with van der Waals surface area (Å²) < 4.78 is 6.50. The van der Waals surface area contributed by atoms with Gasteiger partial charge in [0, 0.05) is 26.2 Å². The first-order valence-electron chi connectivity index (χ1n) is 8.74. The van der Waals surface area contributed by atoms with Crippen molar-refractivity contribution < 1.29 is 4.74 Å². The van der Waals surface area contributed by atoms with Crippen LogP contribution in [0.25, 0.3) is 0 Å². The molecular weight excluding hydrogens is 272 g/mol. The predicted molar refractivity (Wildman–Crippen MR) is 91.2 cm³/mol. The Morgan fingerprint density at radius 3 is 2.68 bits per heavy atom. The Morgan fingerprint density at radius 2 is 1.91 bits per heavy atom. The summed E-state index contributed by atoms with van der Waals surface area (Å²) in [6.07, 6.45) is 4.73. The molecule has 1 aromatic carbocycles. The highest BCUT2D eigenvalue weighted by molar-refractivity contribution is 5.14. The van der Waals surface area contributed by atoms with Crippen LogP contribution in [0.5, 0.6) is 0 Å². The maximum atomic E-state index is 6.50. The van der Waals surface area contributed by atoms with Crippen LogP contribution >= 0.6 is 0 Å². The second kappa shape index (κ2) is 6.69. The van der Waals surface area contributed by atoms with Gasteiger partial charge in [-0.3, -0.25) is 0 Å². The maximum absolute atomic E-state index is 6.50. The second-order valence-electron chi connectivity index (χ2n) is 7.58. The molecule has 22 heavy (non-hydrogen) atoms. The lowest BCUT2D eigenvalue weighted by atomic mass is 9.90. The fraction of sp³-hybridized carbons (Fsp3) is 0.684. The third kappa shape index (κ3) is 4.09. The molecule has 0 saturated carbocycles. The van der Waals surface area contributed by atoms with E-state index in [1.807, 2.05) is 0 Å². The summed E-state index contributed by atoms with van der Waals surface area (Å²) >= 11 is 0. The van der Waals surface area contributed by atoms with Gasteiger partial charge in [0.1, 0.15) is 0 Å². The van der Waals surface area contributed by atoms with Gasteiger partial charge in [-0.2, -0.15) is 0 Å². The Labute approximate surface area is 135 Å². The highest BCUT2D eigenvalue weighted by atomic mass is 16.5. The van der Waals surface area contributed by atoms with Crippen LogP contribution in [0.1, 0.15) is 38.7 Å². The van der Waals surface area contributed by atoms with Gasteiger partial charge in [0.05, 0.1) is 11.2 Å². The van der Waals surface area contributed by atoms with Crippen LogP contribution in [-0.2, 0) is 11.2 Å². The van der Waals surface area contributed by atoms with E-state index in [0.29, 0.717) is 0 Å². The van der Waals surface area contributed by atoms with Gasteiger partial charge in [-0.15, -0.1) is 0 Å². The van der Waals surface area contributed by atoms with Gasteiger partial charge in [0.2, 0.25) is 0 Å². The molecule has 2 saturated heterocycles. The van der Waals surface area contributed by atoms with E-state index in [1.165, 1.54) is 24.9 Å². The molecule has 1 aromatic rings. The van der Waals surface area contributed by atoms with Crippen LogP contribution in [-0.4, -0.2) is 48.8 Å². The zero-order chi connectivity index (χ0) is 15.5. The molecule has 0 amide bonds. The number of morpholine rings is 1. The van der Waals surface area contributed by atoms with E-state index >= 15 is 0 Å². The molecule has 0 aromatic heterocycles. The highest BCUT2D eigenvalue weighted by Gasteiger charge is 2.41. The standard InChI is InChI=1S/C19H30N2O/c1-18(2)15-20-16-19(22-18)10-6-12-21(14-11-19)13-9-17-7-4-3-5-8-17/h3-5,7-8,20H,6,9-16H2,1-2H3. The first kappa shape index (κ1) is 16.0. The van der Waals surface area contributed by atoms with Crippen molar-refractivity contribution in [3.8, 4) is 0 Å². The van der Waals surface area contributed by atoms with Gasteiger partial charge < -0.3 is 15.0 Å². The van der Waals surface area contributed by atoms with E-state index in [1.54, 1.807) is 0 Å². The smallest absolute Gasteiger partial charge is 0.0826 e. The largest absolute Gasteiger partial charge is 0.366 e. The van der Waals surface area contributed by atoms with Crippen LogP contribution in [0.3, 0.4) is 0 Å². The summed E-state index contributed by atoms with van der Waals surface area (Å²) in [5.74, 6) is 0. The van der Waals surface area contributed by atoms with Crippen molar-refractivity contribution >= 4 is 0 Å². The average molecular weight is 302 g/mol. The lowest BCUT2D eigenvalue weighted by Gasteiger charge is -2.45. The molecule has 0 aliphatic carbocycles. The normalized spacial score (nSPS) is 29.4. The SMILES string of the molecule is CC1(C)CNCC2(CCCN(CCc3ccccc3)CC2)O1. The monoisotopic (exact) mass is 302 g/mol. The minimum atomic E-state index is -0.0303. The van der Waals surface area contributed by atoms with E-state index in [0.717, 1.165) is 39.0 Å². The van der Waals surface area contributed by atoms with Gasteiger partial charge in [0.15, 0.2) is 0 Å². The third-order valence-electron chi connectivity index (χ3n) is 5.04. The molecule has 2 aliphatic heterocycles. The fourth-order valence-electron chi connectivity index (χ4n) is 3.91. The predicted octanol–water partition coefficient (Wildman–Crippen LogP) is 2.85. The summed E-state index contributed by atoms with van der Waals surface area (Å²) in [5.41, 5.74) is 1.47. The van der Waals surface area contributed by atoms with Gasteiger partial charge in [0.25, 0.3) is 0 Å². The molecule has 3 rings (SSSR count). The van der Waals surface area contributed by atoms with Gasteiger partial charge in [-0.05, 0) is 51.6 Å². The van der Waals surface area contributed by atoms with E-state index in [9.17, 15) is 0 Å². The summed E-state index contributed by atoms with van der Waals surface area (Å²) in [4.78, 5) is 2.62. The molecule has 1 atom stereocenters. The zero-order valence-corrected chi connectivity index (χ0v) is 14.1. The quantitative estimate of drug-likeness (QED) is 0.929. The lowest BCUT2D eigenvalue weighted by molar-refractivity contribution is -0.166. The van der Waals surface area contributed by atoms with Crippen molar-refractivity contribution in [3.05, 3.63) is 35.9 Å². The number of ether oxygens (including phenoxy) is 1. The minimum absolute atomic E-state index is 0.0303. The minimum Gasteiger partial charge on any atom is -0.366 e. The Kier molecular flexibility index (Phi) is 4.86. The molecule has 0 radical (unpaired) electrons. The van der Waals surface area contributed by atoms with Crippen LogP contribution in [0.15, 0.2) is 30.3 Å². The van der Waals surface area contributed by atoms with E-state index in [2.05, 4.69) is 54.4 Å². The van der Waals surface area contributed by atoms with Crippen LogP contribution in [0.2, 0.25) is 0 Å². The van der Waals surface area contributed by atoms with Gasteiger partial charge >= 0.3 is 0 Å². The molecule has 1 unspecified atom stereocenters. The number of likely N-dealkylation sites (tertiary alicyclic amines) is 1. The number of rotatable bonds is 3. The molecule has 3 heteroatoms. The van der Waals surface area contributed by atoms with Crippen molar-refractivity contribution in [1.29, 1.82) is 0 Å². The van der Waals surface area contributed by atoms with Crippen LogP contribution < -0.4 is 5.32 Å². The molecular formula is C19H30N2O. The van der Waals surface area contributed by atoms with Gasteiger partial charge in [-0.25, -0.2) is 0 Å². The summed E-state index contributed by atoms with van der Waals surface area (Å²) in [6, 6.07) is 10.8. The Bertz CT molecular complexity index is 474. The number of hydrogen-bond donors (Lipinski definition) is 1. The Balaban J connectivity index is 1.54. The highest BCUT2D eigenvalue weighted by Crippen LogP contribution is 2.33. The number of hydrogen-bond acceptors (Lipinski definition) is 3. The number of benzene rings is 1. The summed E-state index contributed by atoms with van der Waals surface area (Å²) in [5, 5.41) is 3.59. The Morgan fingerprint density at radius 1 is 1.09 bits per heavy atom. The first-order valence-corrected chi connectivity index (χ1v) is 8.74. The van der Waals surface area contributed by atoms with Gasteiger partial charge in [-0.1, -0.05) is 30.3 Å². The molecule has 1 spiro atoms. The van der Waals surface area contributed by atoms with E-state index in [4.69, 9.17) is 4.74 Å². The third-order valence-corrected chi connectivity index (χ3v) is 5.04. The molecule has 0 bridgehead atoms. The molecule has 2 aliphatic rings. The van der Waals surface area contributed by atoms with Crippen LogP contribution in [0.4, 0.5) is 0 Å². The maximum Gasteiger partial charge on any atom is 0.0826 e. The first-order chi connectivity index (χ1) is 10.6. The van der Waals surface area contributed by atoms with Crippen molar-refractivity contribution in [2.24, 2.45) is 0 Å².